The van der Waals surface area contributed by atoms with Gasteiger partial charge in [-0.2, -0.15) is 0 Å². The molecule has 1 heterocycles. The highest BCUT2D eigenvalue weighted by molar-refractivity contribution is 6.07. The first-order valence-corrected chi connectivity index (χ1v) is 9.53. The Bertz CT molecular complexity index is 1020. The summed E-state index contributed by atoms with van der Waals surface area (Å²) in [6.45, 7) is 2.94. The molecular formula is C23H21N3O3. The maximum absolute atomic E-state index is 12.4. The van der Waals surface area contributed by atoms with Crippen LogP contribution in [0.25, 0.3) is 0 Å². The van der Waals surface area contributed by atoms with Crippen molar-refractivity contribution < 1.29 is 9.72 Å². The normalized spacial score (nSPS) is 13.1. The molecule has 29 heavy (non-hydrogen) atoms. The van der Waals surface area contributed by atoms with Crippen LogP contribution in [0.1, 0.15) is 27.0 Å². The SMILES string of the molecule is O=C(Nc1ccc(CCN2Cc3ccccc3C2)cc1)c1ccccc1[N+](=O)[O-]. The summed E-state index contributed by atoms with van der Waals surface area (Å²) in [7, 11) is 0. The number of nitro groups is 1. The predicted octanol–water partition coefficient (Wildman–Crippen LogP) is 4.41. The van der Waals surface area contributed by atoms with Gasteiger partial charge in [0.25, 0.3) is 11.6 Å². The lowest BCUT2D eigenvalue weighted by Gasteiger charge is -2.14. The Morgan fingerprint density at radius 1 is 0.931 bits per heavy atom. The third-order valence-corrected chi connectivity index (χ3v) is 5.18. The minimum atomic E-state index is -0.547. The summed E-state index contributed by atoms with van der Waals surface area (Å²) in [5.74, 6) is -0.486. The smallest absolute Gasteiger partial charge is 0.282 e. The van der Waals surface area contributed by atoms with E-state index in [0.717, 1.165) is 26.1 Å². The highest BCUT2D eigenvalue weighted by atomic mass is 16.6. The maximum Gasteiger partial charge on any atom is 0.282 e. The number of hydrogen-bond donors (Lipinski definition) is 1. The lowest BCUT2D eigenvalue weighted by molar-refractivity contribution is -0.385. The maximum atomic E-state index is 12.4. The van der Waals surface area contributed by atoms with Crippen molar-refractivity contribution in [2.24, 2.45) is 0 Å². The molecule has 1 aliphatic heterocycles. The molecule has 3 aromatic rings. The summed E-state index contributed by atoms with van der Waals surface area (Å²) < 4.78 is 0. The molecule has 0 radical (unpaired) electrons. The van der Waals surface area contributed by atoms with Crippen LogP contribution in [0.4, 0.5) is 11.4 Å². The lowest BCUT2D eigenvalue weighted by Crippen LogP contribution is -2.19. The van der Waals surface area contributed by atoms with Gasteiger partial charge in [-0.25, -0.2) is 0 Å². The molecule has 1 aliphatic rings. The first-order valence-electron chi connectivity index (χ1n) is 9.53. The van der Waals surface area contributed by atoms with E-state index in [1.165, 1.54) is 28.8 Å². The van der Waals surface area contributed by atoms with Gasteiger partial charge >= 0.3 is 0 Å². The third kappa shape index (κ3) is 4.33. The van der Waals surface area contributed by atoms with Crippen LogP contribution in [0.15, 0.2) is 72.8 Å². The molecule has 146 valence electrons. The second-order valence-corrected chi connectivity index (χ2v) is 7.15. The quantitative estimate of drug-likeness (QED) is 0.502. The van der Waals surface area contributed by atoms with E-state index in [9.17, 15) is 14.9 Å². The fraction of sp³-hybridized carbons (Fsp3) is 0.174. The Kier molecular flexibility index (Phi) is 5.35. The largest absolute Gasteiger partial charge is 0.322 e. The number of anilines is 1. The molecule has 0 aliphatic carbocycles. The number of hydrogen-bond acceptors (Lipinski definition) is 4. The van der Waals surface area contributed by atoms with Crippen LogP contribution in [0, 0.1) is 10.1 Å². The fourth-order valence-corrected chi connectivity index (χ4v) is 3.63. The van der Waals surface area contributed by atoms with Gasteiger partial charge in [0.1, 0.15) is 5.56 Å². The number of nitro benzene ring substituents is 1. The standard InChI is InChI=1S/C23H21N3O3/c27-23(21-7-3-4-8-22(21)26(28)29)24-20-11-9-17(10-12-20)13-14-25-15-18-5-1-2-6-19(18)16-25/h1-12H,13-16H2,(H,24,27). The molecule has 0 saturated heterocycles. The van der Waals surface area contributed by atoms with Gasteiger partial charge in [0.05, 0.1) is 4.92 Å². The second-order valence-electron chi connectivity index (χ2n) is 7.15. The summed E-state index contributed by atoms with van der Waals surface area (Å²) in [5.41, 5.74) is 4.46. The summed E-state index contributed by atoms with van der Waals surface area (Å²) >= 11 is 0. The second kappa shape index (κ2) is 8.24. The van der Waals surface area contributed by atoms with Crippen LogP contribution >= 0.6 is 0 Å². The molecule has 0 saturated carbocycles. The van der Waals surface area contributed by atoms with E-state index in [-0.39, 0.29) is 11.3 Å². The van der Waals surface area contributed by atoms with E-state index in [2.05, 4.69) is 34.5 Å². The van der Waals surface area contributed by atoms with Crippen molar-refractivity contribution in [3.05, 3.63) is 105 Å². The zero-order valence-corrected chi connectivity index (χ0v) is 15.9. The van der Waals surface area contributed by atoms with Crippen molar-refractivity contribution in [3.8, 4) is 0 Å². The van der Waals surface area contributed by atoms with Gasteiger partial charge in [-0.3, -0.25) is 19.8 Å². The molecule has 6 nitrogen and oxygen atoms in total. The van der Waals surface area contributed by atoms with Crippen LogP contribution in [0.3, 0.4) is 0 Å². The van der Waals surface area contributed by atoms with Crippen molar-refractivity contribution in [3.63, 3.8) is 0 Å². The van der Waals surface area contributed by atoms with E-state index in [1.807, 2.05) is 24.3 Å². The number of carbonyl (C=O) groups excluding carboxylic acids is 1. The zero-order valence-electron chi connectivity index (χ0n) is 15.9. The first kappa shape index (κ1) is 18.8. The van der Waals surface area contributed by atoms with E-state index in [0.29, 0.717) is 5.69 Å². The average molecular weight is 387 g/mol. The van der Waals surface area contributed by atoms with Crippen LogP contribution in [-0.4, -0.2) is 22.3 Å². The van der Waals surface area contributed by atoms with Gasteiger partial charge in [0.2, 0.25) is 0 Å². The molecule has 6 heteroatoms. The Morgan fingerprint density at radius 2 is 1.55 bits per heavy atom. The van der Waals surface area contributed by atoms with Crippen LogP contribution < -0.4 is 5.32 Å². The van der Waals surface area contributed by atoms with E-state index in [1.54, 1.807) is 12.1 Å². The van der Waals surface area contributed by atoms with E-state index in [4.69, 9.17) is 0 Å². The van der Waals surface area contributed by atoms with Crippen molar-refractivity contribution in [1.29, 1.82) is 0 Å². The summed E-state index contributed by atoms with van der Waals surface area (Å²) in [6.07, 6.45) is 0.923. The summed E-state index contributed by atoms with van der Waals surface area (Å²) in [5, 5.41) is 13.8. The van der Waals surface area contributed by atoms with Gasteiger partial charge in [0.15, 0.2) is 0 Å². The van der Waals surface area contributed by atoms with Gasteiger partial charge in [-0.15, -0.1) is 0 Å². The van der Waals surface area contributed by atoms with E-state index < -0.39 is 10.8 Å². The molecule has 1 N–H and O–H groups in total. The average Bonchev–Trinajstić information content (AvgIpc) is 3.16. The summed E-state index contributed by atoms with van der Waals surface area (Å²) in [4.78, 5) is 25.4. The zero-order chi connectivity index (χ0) is 20.2. The minimum Gasteiger partial charge on any atom is -0.322 e. The number of nitrogens with one attached hydrogen (secondary N) is 1. The molecular weight excluding hydrogens is 366 g/mol. The van der Waals surface area contributed by atoms with Gasteiger partial charge in [-0.1, -0.05) is 48.5 Å². The van der Waals surface area contributed by atoms with Gasteiger partial charge in [-0.05, 0) is 41.3 Å². The molecule has 0 unspecified atom stereocenters. The number of carbonyl (C=O) groups is 1. The van der Waals surface area contributed by atoms with Gasteiger partial charge in [0, 0.05) is 31.4 Å². The van der Waals surface area contributed by atoms with Crippen molar-refractivity contribution in [2.75, 3.05) is 11.9 Å². The molecule has 0 atom stereocenters. The Morgan fingerprint density at radius 3 is 2.21 bits per heavy atom. The van der Waals surface area contributed by atoms with Crippen LogP contribution in [0.2, 0.25) is 0 Å². The first-order chi connectivity index (χ1) is 14.1. The Balaban J connectivity index is 1.34. The number of benzene rings is 3. The number of amides is 1. The Labute approximate surface area is 168 Å². The van der Waals surface area contributed by atoms with Crippen molar-refractivity contribution >= 4 is 17.3 Å². The monoisotopic (exact) mass is 387 g/mol. The minimum absolute atomic E-state index is 0.0511. The molecule has 0 spiro atoms. The molecule has 3 aromatic carbocycles. The molecule has 1 amide bonds. The van der Waals surface area contributed by atoms with Crippen LogP contribution in [-0.2, 0) is 19.5 Å². The number of rotatable bonds is 6. The van der Waals surface area contributed by atoms with E-state index >= 15 is 0 Å². The number of nitrogens with zero attached hydrogens (tertiary/aromatic N) is 2. The topological polar surface area (TPSA) is 75.5 Å². The summed E-state index contributed by atoms with van der Waals surface area (Å²) in [6, 6.07) is 22.1. The van der Waals surface area contributed by atoms with Crippen LogP contribution in [0.5, 0.6) is 0 Å². The number of para-hydroxylation sites is 1. The Hall–Kier alpha value is -3.51. The molecule has 4 rings (SSSR count). The molecule has 0 fully saturated rings. The van der Waals surface area contributed by atoms with Crippen molar-refractivity contribution in [2.45, 2.75) is 19.5 Å². The van der Waals surface area contributed by atoms with Crippen molar-refractivity contribution in [1.82, 2.24) is 4.90 Å². The highest BCUT2D eigenvalue weighted by Crippen LogP contribution is 2.23. The third-order valence-electron chi connectivity index (χ3n) is 5.18. The highest BCUT2D eigenvalue weighted by Gasteiger charge is 2.19. The molecule has 0 aromatic heterocycles. The number of fused-ring (bicyclic) bond motifs is 1. The fourth-order valence-electron chi connectivity index (χ4n) is 3.63. The lowest BCUT2D eigenvalue weighted by atomic mass is 10.1. The van der Waals surface area contributed by atoms with Gasteiger partial charge < -0.3 is 5.32 Å². The predicted molar refractivity (Wildman–Crippen MR) is 112 cm³/mol. The molecule has 0 bridgehead atoms.